The molecule has 0 aromatic heterocycles. The third-order valence-corrected chi connectivity index (χ3v) is 1.89. The van der Waals surface area contributed by atoms with Gasteiger partial charge in [-0.3, -0.25) is 0 Å². The molecule has 0 saturated carbocycles. The second-order valence-electron chi connectivity index (χ2n) is 3.22. The molecule has 2 N–H and O–H groups in total. The maximum Gasteiger partial charge on any atom is 0.347 e. The Bertz CT molecular complexity index is 344. The van der Waals surface area contributed by atoms with E-state index in [9.17, 15) is 19.5 Å². The molecule has 0 spiro atoms. The molecule has 0 heterocycles. The van der Waals surface area contributed by atoms with Crippen LogP contribution in [-0.2, 0) is 23.9 Å². The first-order valence-corrected chi connectivity index (χ1v) is 5.60. The summed E-state index contributed by atoms with van der Waals surface area (Å²) < 4.78 is 9.25. The summed E-state index contributed by atoms with van der Waals surface area (Å²) in [6, 6.07) is -1.45. The van der Waals surface area contributed by atoms with Crippen molar-refractivity contribution in [2.24, 2.45) is 0 Å². The number of nitrogens with one attached hydrogen (secondary N) is 1. The monoisotopic (exact) mass is 274 g/mol. The Kier molecular flexibility index (Phi) is 7.94. The van der Waals surface area contributed by atoms with Gasteiger partial charge < -0.3 is 29.8 Å². The molecule has 0 amide bonds. The van der Waals surface area contributed by atoms with Crippen molar-refractivity contribution in [3.63, 3.8) is 0 Å². The van der Waals surface area contributed by atoms with E-state index in [0.717, 1.165) is 6.20 Å². The summed E-state index contributed by atoms with van der Waals surface area (Å²) >= 11 is 0. The molecule has 0 radical (unpaired) electrons. The fourth-order valence-electron chi connectivity index (χ4n) is 0.998. The van der Waals surface area contributed by atoms with Gasteiger partial charge in [0.1, 0.15) is 0 Å². The summed E-state index contributed by atoms with van der Waals surface area (Å²) in [5.74, 6) is -3.49. The Morgan fingerprint density at radius 1 is 1.21 bits per heavy atom. The van der Waals surface area contributed by atoms with Gasteiger partial charge in [-0.1, -0.05) is 0 Å². The molecular weight excluding hydrogens is 258 g/mol. The third-order valence-electron chi connectivity index (χ3n) is 1.89. The number of carboxylic acid groups (broad SMARTS) is 1. The highest BCUT2D eigenvalue weighted by atomic mass is 16.6. The zero-order valence-electron chi connectivity index (χ0n) is 10.7. The molecule has 0 aliphatic rings. The maximum atomic E-state index is 11.5. The third kappa shape index (κ3) is 5.87. The van der Waals surface area contributed by atoms with Crippen molar-refractivity contribution >= 4 is 17.9 Å². The molecule has 0 aromatic carbocycles. The van der Waals surface area contributed by atoms with Crippen molar-refractivity contribution in [2.75, 3.05) is 19.8 Å². The first-order chi connectivity index (χ1) is 8.97. The number of aliphatic hydroxyl groups is 1. The highest BCUT2D eigenvalue weighted by Gasteiger charge is 2.21. The highest BCUT2D eigenvalue weighted by Crippen LogP contribution is 2.01. The van der Waals surface area contributed by atoms with Gasteiger partial charge in [0.25, 0.3) is 0 Å². The van der Waals surface area contributed by atoms with Crippen LogP contribution in [0.2, 0.25) is 0 Å². The average Bonchev–Trinajstić information content (AvgIpc) is 2.34. The SMILES string of the molecule is CCOC(=O)C(=CNC(CO)C(=O)[O-])C(=O)OCC. The topological polar surface area (TPSA) is 125 Å². The summed E-state index contributed by atoms with van der Waals surface area (Å²) in [5, 5.41) is 21.5. The van der Waals surface area contributed by atoms with Crippen LogP contribution in [0.25, 0.3) is 0 Å². The molecule has 0 rings (SSSR count). The van der Waals surface area contributed by atoms with E-state index in [1.807, 2.05) is 0 Å². The largest absolute Gasteiger partial charge is 0.548 e. The van der Waals surface area contributed by atoms with E-state index in [2.05, 4.69) is 14.8 Å². The van der Waals surface area contributed by atoms with Gasteiger partial charge in [0.2, 0.25) is 0 Å². The summed E-state index contributed by atoms with van der Waals surface area (Å²) in [7, 11) is 0. The number of hydrogen-bond acceptors (Lipinski definition) is 8. The lowest BCUT2D eigenvalue weighted by Gasteiger charge is -2.16. The quantitative estimate of drug-likeness (QED) is 0.219. The number of aliphatic hydroxyl groups excluding tert-OH is 1. The number of ether oxygens (including phenoxy) is 2. The van der Waals surface area contributed by atoms with Crippen LogP contribution in [-0.4, -0.2) is 48.9 Å². The normalized spacial score (nSPS) is 11.1. The smallest absolute Gasteiger partial charge is 0.347 e. The standard InChI is InChI=1S/C11H17NO7/c1-3-18-10(16)7(11(17)19-4-2)5-12-8(6-13)9(14)15/h5,8,12-13H,3-4,6H2,1-2H3,(H,14,15)/p-1. The first-order valence-electron chi connectivity index (χ1n) is 5.60. The minimum atomic E-state index is -1.58. The van der Waals surface area contributed by atoms with Crippen molar-refractivity contribution in [1.82, 2.24) is 5.32 Å². The van der Waals surface area contributed by atoms with Crippen LogP contribution >= 0.6 is 0 Å². The lowest BCUT2D eigenvalue weighted by atomic mass is 10.2. The van der Waals surface area contributed by atoms with Gasteiger partial charge in [0.15, 0.2) is 5.57 Å². The lowest BCUT2D eigenvalue weighted by Crippen LogP contribution is -2.46. The Hall–Kier alpha value is -2.09. The van der Waals surface area contributed by atoms with Crippen LogP contribution in [0.3, 0.4) is 0 Å². The van der Waals surface area contributed by atoms with Crippen LogP contribution in [0.1, 0.15) is 13.8 Å². The molecule has 1 atom stereocenters. The van der Waals surface area contributed by atoms with Gasteiger partial charge in [0.05, 0.1) is 31.8 Å². The number of hydrogen-bond donors (Lipinski definition) is 2. The highest BCUT2D eigenvalue weighted by molar-refractivity contribution is 6.14. The van der Waals surface area contributed by atoms with Gasteiger partial charge in [-0.25, -0.2) is 9.59 Å². The molecule has 1 unspecified atom stereocenters. The van der Waals surface area contributed by atoms with Crippen LogP contribution in [0.15, 0.2) is 11.8 Å². The minimum absolute atomic E-state index is 0.0412. The Labute approximate surface area is 110 Å². The molecular formula is C11H16NO7-. The van der Waals surface area contributed by atoms with Crippen molar-refractivity contribution in [1.29, 1.82) is 0 Å². The van der Waals surface area contributed by atoms with E-state index in [1.54, 1.807) is 13.8 Å². The zero-order valence-corrected chi connectivity index (χ0v) is 10.7. The minimum Gasteiger partial charge on any atom is -0.548 e. The molecule has 8 nitrogen and oxygen atoms in total. The van der Waals surface area contributed by atoms with Crippen LogP contribution in [0.5, 0.6) is 0 Å². The predicted octanol–water partition coefficient (Wildman–Crippen LogP) is -2.30. The molecule has 0 aromatic rings. The van der Waals surface area contributed by atoms with E-state index >= 15 is 0 Å². The second kappa shape index (κ2) is 8.92. The lowest BCUT2D eigenvalue weighted by molar-refractivity contribution is -0.308. The van der Waals surface area contributed by atoms with E-state index < -0.39 is 36.1 Å². The molecule has 0 fully saturated rings. The van der Waals surface area contributed by atoms with Gasteiger partial charge in [-0.15, -0.1) is 0 Å². The van der Waals surface area contributed by atoms with E-state index in [1.165, 1.54) is 0 Å². The molecule has 108 valence electrons. The van der Waals surface area contributed by atoms with Crippen LogP contribution < -0.4 is 10.4 Å². The molecule has 0 aliphatic carbocycles. The number of aliphatic carboxylic acids is 1. The number of esters is 2. The van der Waals surface area contributed by atoms with Gasteiger partial charge >= 0.3 is 11.9 Å². The van der Waals surface area contributed by atoms with Crippen molar-refractivity contribution in [3.05, 3.63) is 11.8 Å². The Morgan fingerprint density at radius 3 is 2.00 bits per heavy atom. The Morgan fingerprint density at radius 2 is 1.68 bits per heavy atom. The van der Waals surface area contributed by atoms with E-state index in [0.29, 0.717) is 0 Å². The summed E-state index contributed by atoms with van der Waals surface area (Å²) in [6.45, 7) is 2.41. The van der Waals surface area contributed by atoms with E-state index in [4.69, 9.17) is 5.11 Å². The second-order valence-corrected chi connectivity index (χ2v) is 3.22. The number of carbonyl (C=O) groups excluding carboxylic acids is 3. The summed E-state index contributed by atoms with van der Waals surface area (Å²) in [5.41, 5.74) is -0.497. The number of rotatable bonds is 8. The van der Waals surface area contributed by atoms with Crippen molar-refractivity contribution < 1.29 is 34.1 Å². The molecule has 0 bridgehead atoms. The molecule has 19 heavy (non-hydrogen) atoms. The van der Waals surface area contributed by atoms with E-state index in [-0.39, 0.29) is 13.2 Å². The van der Waals surface area contributed by atoms with Crippen molar-refractivity contribution in [2.45, 2.75) is 19.9 Å². The van der Waals surface area contributed by atoms with Gasteiger partial charge in [-0.2, -0.15) is 0 Å². The number of carboxylic acids is 1. The fourth-order valence-corrected chi connectivity index (χ4v) is 0.998. The predicted molar refractivity (Wildman–Crippen MR) is 60.4 cm³/mol. The number of carbonyl (C=O) groups is 3. The summed E-state index contributed by atoms with van der Waals surface area (Å²) in [6.07, 6.45) is 0.826. The maximum absolute atomic E-state index is 11.5. The zero-order chi connectivity index (χ0) is 14.8. The van der Waals surface area contributed by atoms with Crippen LogP contribution in [0.4, 0.5) is 0 Å². The summed E-state index contributed by atoms with van der Waals surface area (Å²) in [4.78, 5) is 33.5. The first kappa shape index (κ1) is 16.9. The molecule has 0 aliphatic heterocycles. The van der Waals surface area contributed by atoms with Crippen LogP contribution in [0, 0.1) is 0 Å². The average molecular weight is 274 g/mol. The Balaban J connectivity index is 4.95. The van der Waals surface area contributed by atoms with Crippen molar-refractivity contribution in [3.8, 4) is 0 Å². The molecule has 0 saturated heterocycles. The fraction of sp³-hybridized carbons (Fsp3) is 0.545. The van der Waals surface area contributed by atoms with Gasteiger partial charge in [-0.05, 0) is 13.8 Å². The van der Waals surface area contributed by atoms with Gasteiger partial charge in [0, 0.05) is 6.20 Å². The molecule has 8 heteroatoms.